The van der Waals surface area contributed by atoms with Gasteiger partial charge >= 0.3 is 0 Å². The van der Waals surface area contributed by atoms with Crippen LogP contribution < -0.4 is 0 Å². The van der Waals surface area contributed by atoms with E-state index in [1.54, 1.807) is 0 Å². The van der Waals surface area contributed by atoms with Crippen molar-refractivity contribution < 1.29 is 0 Å². The lowest BCUT2D eigenvalue weighted by molar-refractivity contribution is 1.02. The Kier molecular flexibility index (Phi) is 6.04. The van der Waals surface area contributed by atoms with E-state index in [4.69, 9.17) is 9.97 Å². The maximum atomic E-state index is 5.72. The molecule has 56 heavy (non-hydrogen) atoms. The highest BCUT2D eigenvalue weighted by molar-refractivity contribution is 7.26. The van der Waals surface area contributed by atoms with Crippen LogP contribution in [0.25, 0.3) is 124 Å². The number of thiophene rings is 1. The third-order valence-corrected chi connectivity index (χ3v) is 13.2. The number of benzene rings is 10. The average Bonchev–Trinajstić information content (AvgIpc) is 3.82. The SMILES string of the molecule is c1ccc2c(c1)ccc1nc(-n3c4ccc5ccccc5c4c4c5c6ccccc6c6ccccc6c5ccc43)nc(-c3cccc4c3sc3ccccc34)c12. The van der Waals surface area contributed by atoms with Crippen LogP contribution in [-0.4, -0.2) is 14.5 Å². The molecular formula is C52H29N3S. The highest BCUT2D eigenvalue weighted by Gasteiger charge is 2.24. The van der Waals surface area contributed by atoms with E-state index in [1.807, 2.05) is 11.3 Å². The minimum Gasteiger partial charge on any atom is -0.278 e. The van der Waals surface area contributed by atoms with Crippen LogP contribution in [0, 0.1) is 0 Å². The quantitative estimate of drug-likeness (QED) is 0.166. The van der Waals surface area contributed by atoms with Crippen molar-refractivity contribution in [3.63, 3.8) is 0 Å². The van der Waals surface area contributed by atoms with E-state index < -0.39 is 0 Å². The second-order valence-corrected chi connectivity index (χ2v) is 15.9. The van der Waals surface area contributed by atoms with Gasteiger partial charge in [0.25, 0.3) is 0 Å². The Hall–Kier alpha value is -7.14. The van der Waals surface area contributed by atoms with Crippen molar-refractivity contribution in [3.05, 3.63) is 176 Å². The Morgan fingerprint density at radius 2 is 0.911 bits per heavy atom. The number of rotatable bonds is 2. The summed E-state index contributed by atoms with van der Waals surface area (Å²) in [6.07, 6.45) is 0. The first-order valence-corrected chi connectivity index (χ1v) is 19.9. The molecule has 4 heteroatoms. The predicted octanol–water partition coefficient (Wildman–Crippen LogP) is 14.5. The number of hydrogen-bond acceptors (Lipinski definition) is 3. The molecule has 0 atom stereocenters. The number of fused-ring (bicyclic) bond motifs is 18. The largest absolute Gasteiger partial charge is 0.278 e. The summed E-state index contributed by atoms with van der Waals surface area (Å²) >= 11 is 1.84. The normalized spacial score (nSPS) is 12.3. The molecule has 3 heterocycles. The van der Waals surface area contributed by atoms with E-state index in [9.17, 15) is 0 Å². The summed E-state index contributed by atoms with van der Waals surface area (Å²) in [6, 6.07) is 64.0. The molecule has 0 radical (unpaired) electrons. The molecule has 0 aliphatic rings. The average molecular weight is 728 g/mol. The second kappa shape index (κ2) is 11.2. The molecule has 3 nitrogen and oxygen atoms in total. The summed E-state index contributed by atoms with van der Waals surface area (Å²) in [7, 11) is 0. The number of aromatic nitrogens is 3. The van der Waals surface area contributed by atoms with Crippen molar-refractivity contribution in [2.24, 2.45) is 0 Å². The minimum atomic E-state index is 0.667. The topological polar surface area (TPSA) is 30.7 Å². The molecule has 258 valence electrons. The molecule has 0 N–H and O–H groups in total. The van der Waals surface area contributed by atoms with Crippen LogP contribution in [0.1, 0.15) is 0 Å². The molecule has 0 saturated carbocycles. The summed E-state index contributed by atoms with van der Waals surface area (Å²) in [5.74, 6) is 0.667. The van der Waals surface area contributed by atoms with E-state index >= 15 is 0 Å². The van der Waals surface area contributed by atoms with Gasteiger partial charge in [0.1, 0.15) is 0 Å². The Morgan fingerprint density at radius 3 is 1.68 bits per heavy atom. The zero-order valence-corrected chi connectivity index (χ0v) is 30.8. The van der Waals surface area contributed by atoms with Crippen LogP contribution in [0.5, 0.6) is 0 Å². The molecule has 0 fully saturated rings. The van der Waals surface area contributed by atoms with Gasteiger partial charge in [-0.15, -0.1) is 11.3 Å². The van der Waals surface area contributed by atoms with Crippen molar-refractivity contribution in [1.29, 1.82) is 0 Å². The van der Waals surface area contributed by atoms with Gasteiger partial charge in [0.15, 0.2) is 0 Å². The summed E-state index contributed by atoms with van der Waals surface area (Å²) in [6.45, 7) is 0. The Bertz CT molecular complexity index is 3800. The molecule has 0 amide bonds. The van der Waals surface area contributed by atoms with E-state index in [2.05, 4.69) is 180 Å². The molecular weight excluding hydrogens is 699 g/mol. The van der Waals surface area contributed by atoms with E-state index in [0.29, 0.717) is 5.95 Å². The lowest BCUT2D eigenvalue weighted by Gasteiger charge is -2.15. The van der Waals surface area contributed by atoms with Gasteiger partial charge in [-0.25, -0.2) is 9.97 Å². The van der Waals surface area contributed by atoms with Gasteiger partial charge in [0.05, 0.1) is 22.2 Å². The molecule has 13 aromatic rings. The molecule has 0 bridgehead atoms. The molecule has 0 aliphatic carbocycles. The number of nitrogens with zero attached hydrogens (tertiary/aromatic N) is 3. The van der Waals surface area contributed by atoms with Crippen molar-refractivity contribution in [2.45, 2.75) is 0 Å². The van der Waals surface area contributed by atoms with Crippen molar-refractivity contribution in [3.8, 4) is 17.2 Å². The third kappa shape index (κ3) is 4.01. The van der Waals surface area contributed by atoms with Crippen LogP contribution in [0.2, 0.25) is 0 Å². The Morgan fingerprint density at radius 1 is 0.357 bits per heavy atom. The van der Waals surface area contributed by atoms with Gasteiger partial charge in [0, 0.05) is 47.3 Å². The summed E-state index contributed by atoms with van der Waals surface area (Å²) in [5.41, 5.74) is 5.19. The fourth-order valence-corrected chi connectivity index (χ4v) is 10.8. The lowest BCUT2D eigenvalue weighted by Crippen LogP contribution is -2.04. The minimum absolute atomic E-state index is 0.667. The van der Waals surface area contributed by atoms with Crippen LogP contribution in [0.4, 0.5) is 0 Å². The standard InChI is InChI=1S/C52H29N3S/c1-3-14-32-30(12-1)24-27-42-47(32)50(41-22-11-21-40-37-19-9-10-23-45(37)56-51(40)41)54-52(53-42)55-43-28-25-31-13-2-4-15-33(31)48(43)49-44(55)29-26-39-36-18-6-5-16-34(36)35-17-7-8-20-38(35)46(39)49/h1-29H. The molecule has 3 aromatic heterocycles. The smallest absolute Gasteiger partial charge is 0.235 e. The molecule has 13 rings (SSSR count). The Balaban J connectivity index is 1.24. The monoisotopic (exact) mass is 727 g/mol. The molecule has 0 unspecified atom stereocenters. The highest BCUT2D eigenvalue weighted by atomic mass is 32.1. The van der Waals surface area contributed by atoms with Crippen molar-refractivity contribution in [1.82, 2.24) is 14.5 Å². The van der Waals surface area contributed by atoms with Gasteiger partial charge in [-0.05, 0) is 72.7 Å². The Labute approximate surface area is 324 Å². The predicted molar refractivity (Wildman–Crippen MR) is 240 cm³/mol. The maximum absolute atomic E-state index is 5.72. The summed E-state index contributed by atoms with van der Waals surface area (Å²) in [4.78, 5) is 11.2. The molecule has 0 spiro atoms. The van der Waals surface area contributed by atoms with Crippen molar-refractivity contribution in [2.75, 3.05) is 0 Å². The van der Waals surface area contributed by atoms with Crippen LogP contribution in [0.15, 0.2) is 176 Å². The fourth-order valence-electron chi connectivity index (χ4n) is 9.60. The van der Waals surface area contributed by atoms with Gasteiger partial charge in [-0.2, -0.15) is 0 Å². The summed E-state index contributed by atoms with van der Waals surface area (Å²) < 4.78 is 4.84. The first kappa shape index (κ1) is 30.2. The molecule has 0 saturated heterocycles. The molecule has 10 aromatic carbocycles. The fraction of sp³-hybridized carbons (Fsp3) is 0. The van der Waals surface area contributed by atoms with Crippen molar-refractivity contribution >= 4 is 118 Å². The van der Waals surface area contributed by atoms with Gasteiger partial charge in [-0.1, -0.05) is 152 Å². The maximum Gasteiger partial charge on any atom is 0.235 e. The third-order valence-electron chi connectivity index (χ3n) is 12.0. The highest BCUT2D eigenvalue weighted by Crippen LogP contribution is 2.47. The van der Waals surface area contributed by atoms with E-state index in [1.165, 1.54) is 79.4 Å². The number of hydrogen-bond donors (Lipinski definition) is 0. The zero-order chi connectivity index (χ0) is 36.5. The second-order valence-electron chi connectivity index (χ2n) is 14.8. The van der Waals surface area contributed by atoms with E-state index in [-0.39, 0.29) is 0 Å². The first-order valence-electron chi connectivity index (χ1n) is 19.1. The first-order chi connectivity index (χ1) is 27.8. The van der Waals surface area contributed by atoms with Crippen LogP contribution in [0.3, 0.4) is 0 Å². The van der Waals surface area contributed by atoms with Gasteiger partial charge < -0.3 is 0 Å². The molecule has 0 aliphatic heterocycles. The van der Waals surface area contributed by atoms with Crippen LogP contribution >= 0.6 is 11.3 Å². The zero-order valence-electron chi connectivity index (χ0n) is 30.0. The van der Waals surface area contributed by atoms with Gasteiger partial charge in [0.2, 0.25) is 5.95 Å². The van der Waals surface area contributed by atoms with E-state index in [0.717, 1.165) is 38.6 Å². The lowest BCUT2D eigenvalue weighted by atomic mass is 9.91. The van der Waals surface area contributed by atoms with Crippen LogP contribution in [-0.2, 0) is 0 Å². The summed E-state index contributed by atoms with van der Waals surface area (Å²) in [5, 5.41) is 18.4. The van der Waals surface area contributed by atoms with Gasteiger partial charge in [-0.3, -0.25) is 4.57 Å².